The minimum atomic E-state index is -0.468. The van der Waals surface area contributed by atoms with Crippen LogP contribution in [-0.2, 0) is 14.3 Å². The maximum Gasteiger partial charge on any atom is 0.325 e. The van der Waals surface area contributed by atoms with Gasteiger partial charge in [-0.3, -0.25) is 14.4 Å². The van der Waals surface area contributed by atoms with Crippen molar-refractivity contribution in [3.63, 3.8) is 0 Å². The SMILES string of the molecule is COC(=O)CNC(=O)C(c1ccccc1)C1CCN(c2ccc(NC(=O)c3ccccc3-c3ccccc3)cc2)CC1. The summed E-state index contributed by atoms with van der Waals surface area (Å²) in [6.07, 6.45) is 1.67. The van der Waals surface area contributed by atoms with Gasteiger partial charge in [-0.25, -0.2) is 0 Å². The number of benzene rings is 4. The van der Waals surface area contributed by atoms with Crippen molar-refractivity contribution in [1.29, 1.82) is 0 Å². The van der Waals surface area contributed by atoms with E-state index in [-0.39, 0.29) is 30.2 Å². The van der Waals surface area contributed by atoms with Crippen molar-refractivity contribution in [3.05, 3.63) is 120 Å². The third kappa shape index (κ3) is 6.86. The second-order valence-electron chi connectivity index (χ2n) is 10.4. The van der Waals surface area contributed by atoms with Crippen LogP contribution in [0.4, 0.5) is 11.4 Å². The first kappa shape index (κ1) is 28.6. The van der Waals surface area contributed by atoms with Gasteiger partial charge in [-0.05, 0) is 65.8 Å². The number of esters is 1. The Kier molecular flexibility index (Phi) is 9.29. The molecule has 5 rings (SSSR count). The number of nitrogens with zero attached hydrogens (tertiary/aromatic N) is 1. The summed E-state index contributed by atoms with van der Waals surface area (Å²) >= 11 is 0. The fourth-order valence-corrected chi connectivity index (χ4v) is 5.63. The number of carbonyl (C=O) groups excluding carboxylic acids is 3. The number of rotatable bonds is 9. The van der Waals surface area contributed by atoms with Gasteiger partial charge in [0, 0.05) is 30.0 Å². The standard InChI is InChI=1S/C35H35N3O4/c1-42-32(39)24-36-35(41)33(26-12-6-3-7-13-26)27-20-22-38(23-21-27)29-18-16-28(17-19-29)37-34(40)31-15-9-8-14-30(31)25-10-4-2-5-11-25/h2-19,27,33H,20-24H2,1H3,(H,36,41)(H,37,40). The predicted molar refractivity (Wildman–Crippen MR) is 165 cm³/mol. The molecule has 1 atom stereocenters. The molecule has 0 radical (unpaired) electrons. The number of piperidine rings is 1. The first-order valence-electron chi connectivity index (χ1n) is 14.2. The van der Waals surface area contributed by atoms with E-state index < -0.39 is 5.97 Å². The van der Waals surface area contributed by atoms with Crippen molar-refractivity contribution in [2.45, 2.75) is 18.8 Å². The van der Waals surface area contributed by atoms with Gasteiger partial charge in [0.1, 0.15) is 6.54 Å². The summed E-state index contributed by atoms with van der Waals surface area (Å²) in [5, 5.41) is 5.80. The van der Waals surface area contributed by atoms with Crippen LogP contribution in [0.3, 0.4) is 0 Å². The number of hydrogen-bond acceptors (Lipinski definition) is 5. The highest BCUT2D eigenvalue weighted by Gasteiger charge is 2.33. The Hall–Kier alpha value is -4.91. The van der Waals surface area contributed by atoms with E-state index in [4.69, 9.17) is 0 Å². The molecule has 0 spiro atoms. The minimum absolute atomic E-state index is 0.141. The van der Waals surface area contributed by atoms with E-state index in [9.17, 15) is 14.4 Å². The van der Waals surface area contributed by atoms with E-state index in [1.165, 1.54) is 7.11 Å². The lowest BCUT2D eigenvalue weighted by Crippen LogP contribution is -2.41. The molecule has 2 amide bonds. The second kappa shape index (κ2) is 13.6. The zero-order chi connectivity index (χ0) is 29.3. The highest BCUT2D eigenvalue weighted by Crippen LogP contribution is 2.35. The smallest absolute Gasteiger partial charge is 0.325 e. The highest BCUT2D eigenvalue weighted by molar-refractivity contribution is 6.08. The molecule has 42 heavy (non-hydrogen) atoms. The molecule has 1 unspecified atom stereocenters. The minimum Gasteiger partial charge on any atom is -0.468 e. The third-order valence-corrected chi connectivity index (χ3v) is 7.83. The average molecular weight is 562 g/mol. The molecule has 214 valence electrons. The van der Waals surface area contributed by atoms with Crippen LogP contribution in [0.2, 0.25) is 0 Å². The van der Waals surface area contributed by atoms with Crippen molar-refractivity contribution < 1.29 is 19.1 Å². The van der Waals surface area contributed by atoms with Crippen LogP contribution < -0.4 is 15.5 Å². The van der Waals surface area contributed by atoms with Gasteiger partial charge < -0.3 is 20.3 Å². The van der Waals surface area contributed by atoms with E-state index in [2.05, 4.69) is 20.3 Å². The van der Waals surface area contributed by atoms with Crippen LogP contribution in [0.25, 0.3) is 11.1 Å². The maximum atomic E-state index is 13.2. The first-order chi connectivity index (χ1) is 20.5. The molecule has 7 heteroatoms. The van der Waals surface area contributed by atoms with E-state index in [1.807, 2.05) is 109 Å². The number of hydrogen-bond donors (Lipinski definition) is 2. The summed E-state index contributed by atoms with van der Waals surface area (Å²) in [6, 6.07) is 35.2. The summed E-state index contributed by atoms with van der Waals surface area (Å²) in [6.45, 7) is 1.46. The zero-order valence-electron chi connectivity index (χ0n) is 23.7. The molecule has 1 fully saturated rings. The summed E-state index contributed by atoms with van der Waals surface area (Å²) in [5.41, 5.74) is 5.27. The van der Waals surface area contributed by atoms with Crippen LogP contribution in [0, 0.1) is 5.92 Å². The molecule has 1 saturated heterocycles. The van der Waals surface area contributed by atoms with Crippen molar-refractivity contribution in [2.24, 2.45) is 5.92 Å². The predicted octanol–water partition coefficient (Wildman–Crippen LogP) is 5.90. The Morgan fingerprint density at radius 2 is 1.43 bits per heavy atom. The van der Waals surface area contributed by atoms with E-state index >= 15 is 0 Å². The van der Waals surface area contributed by atoms with Gasteiger partial charge in [-0.1, -0.05) is 78.9 Å². The van der Waals surface area contributed by atoms with Gasteiger partial charge in [0.25, 0.3) is 5.91 Å². The number of nitrogens with one attached hydrogen (secondary N) is 2. The van der Waals surface area contributed by atoms with Gasteiger partial charge in [-0.2, -0.15) is 0 Å². The van der Waals surface area contributed by atoms with Crippen LogP contribution in [0.15, 0.2) is 109 Å². The number of amides is 2. The van der Waals surface area contributed by atoms with Gasteiger partial charge in [0.2, 0.25) is 5.91 Å². The van der Waals surface area contributed by atoms with Gasteiger partial charge in [0.15, 0.2) is 0 Å². The van der Waals surface area contributed by atoms with Gasteiger partial charge in [0.05, 0.1) is 13.0 Å². The Labute approximate surface area is 246 Å². The molecule has 1 aliphatic rings. The lowest BCUT2D eigenvalue weighted by molar-refractivity contribution is -0.141. The van der Waals surface area contributed by atoms with Crippen molar-refractivity contribution >= 4 is 29.2 Å². The third-order valence-electron chi connectivity index (χ3n) is 7.83. The largest absolute Gasteiger partial charge is 0.468 e. The Bertz CT molecular complexity index is 1500. The summed E-state index contributed by atoms with van der Waals surface area (Å²) in [5.74, 6) is -0.969. The molecule has 7 nitrogen and oxygen atoms in total. The molecule has 4 aromatic rings. The monoisotopic (exact) mass is 561 g/mol. The fraction of sp³-hybridized carbons (Fsp3) is 0.229. The molecule has 0 saturated carbocycles. The molecule has 1 heterocycles. The summed E-state index contributed by atoms with van der Waals surface area (Å²) in [4.78, 5) is 40.3. The fourth-order valence-electron chi connectivity index (χ4n) is 5.63. The topological polar surface area (TPSA) is 87.7 Å². The highest BCUT2D eigenvalue weighted by atomic mass is 16.5. The average Bonchev–Trinajstić information content (AvgIpc) is 3.05. The molecule has 0 aromatic heterocycles. The van der Waals surface area contributed by atoms with E-state index in [1.54, 1.807) is 0 Å². The number of anilines is 2. The van der Waals surface area contributed by atoms with Gasteiger partial charge >= 0.3 is 5.97 Å². The Morgan fingerprint density at radius 1 is 0.810 bits per heavy atom. The van der Waals surface area contributed by atoms with Crippen LogP contribution in [-0.4, -0.2) is 44.5 Å². The number of methoxy groups -OCH3 is 1. The molecule has 1 aliphatic heterocycles. The lowest BCUT2D eigenvalue weighted by Gasteiger charge is -2.37. The quantitative estimate of drug-likeness (QED) is 0.249. The van der Waals surface area contributed by atoms with Crippen molar-refractivity contribution in [1.82, 2.24) is 5.32 Å². The molecule has 0 aliphatic carbocycles. The Morgan fingerprint density at radius 3 is 2.10 bits per heavy atom. The molecule has 4 aromatic carbocycles. The first-order valence-corrected chi connectivity index (χ1v) is 14.2. The number of ether oxygens (including phenoxy) is 1. The van der Waals surface area contributed by atoms with Crippen LogP contribution in [0.5, 0.6) is 0 Å². The summed E-state index contributed by atoms with van der Waals surface area (Å²) in [7, 11) is 1.31. The lowest BCUT2D eigenvalue weighted by atomic mass is 9.79. The molecule has 0 bridgehead atoms. The normalized spacial score (nSPS) is 14.1. The van der Waals surface area contributed by atoms with E-state index in [0.717, 1.165) is 54.0 Å². The molecular weight excluding hydrogens is 526 g/mol. The molecular formula is C35H35N3O4. The maximum absolute atomic E-state index is 13.2. The molecule has 2 N–H and O–H groups in total. The van der Waals surface area contributed by atoms with Crippen molar-refractivity contribution in [2.75, 3.05) is 37.0 Å². The zero-order valence-corrected chi connectivity index (χ0v) is 23.7. The van der Waals surface area contributed by atoms with Crippen LogP contribution >= 0.6 is 0 Å². The summed E-state index contributed by atoms with van der Waals surface area (Å²) < 4.78 is 4.69. The number of carbonyl (C=O) groups is 3. The van der Waals surface area contributed by atoms with Crippen molar-refractivity contribution in [3.8, 4) is 11.1 Å². The second-order valence-corrected chi connectivity index (χ2v) is 10.4. The Balaban J connectivity index is 1.22. The van der Waals surface area contributed by atoms with Gasteiger partial charge in [-0.15, -0.1) is 0 Å². The van der Waals surface area contributed by atoms with Crippen LogP contribution in [0.1, 0.15) is 34.7 Å². The van der Waals surface area contributed by atoms with E-state index in [0.29, 0.717) is 5.56 Å².